The summed E-state index contributed by atoms with van der Waals surface area (Å²) in [5.74, 6) is -0.736. The van der Waals surface area contributed by atoms with Crippen molar-refractivity contribution in [2.75, 3.05) is 0 Å². The predicted octanol–water partition coefficient (Wildman–Crippen LogP) is 3.58. The highest BCUT2D eigenvalue weighted by atomic mass is 79.9. The Balaban J connectivity index is 2.30. The number of carbonyl (C=O) groups excluding carboxylic acids is 1. The summed E-state index contributed by atoms with van der Waals surface area (Å²) in [6, 6.07) is 12.4. The van der Waals surface area contributed by atoms with E-state index in [1.165, 1.54) is 13.0 Å². The fraction of sp³-hybridized carbons (Fsp3) is 0.111. The van der Waals surface area contributed by atoms with Gasteiger partial charge in [0.05, 0.1) is 17.0 Å². The van der Waals surface area contributed by atoms with E-state index in [2.05, 4.69) is 22.0 Å². The van der Waals surface area contributed by atoms with Crippen LogP contribution in [0.5, 0.6) is 11.5 Å². The van der Waals surface area contributed by atoms with Gasteiger partial charge in [0.25, 0.3) is 0 Å². The Morgan fingerprint density at radius 2 is 1.96 bits per heavy atom. The van der Waals surface area contributed by atoms with Crippen molar-refractivity contribution in [1.29, 1.82) is 5.26 Å². The van der Waals surface area contributed by atoms with Crippen molar-refractivity contribution < 1.29 is 14.6 Å². The minimum Gasteiger partial charge on any atom is -0.507 e. The molecule has 1 aliphatic rings. The molecule has 1 heterocycles. The van der Waals surface area contributed by atoms with Crippen LogP contribution in [0.4, 0.5) is 0 Å². The van der Waals surface area contributed by atoms with Gasteiger partial charge in [-0.2, -0.15) is 5.26 Å². The Morgan fingerprint density at radius 3 is 2.54 bits per heavy atom. The van der Waals surface area contributed by atoms with Gasteiger partial charge in [0.15, 0.2) is 5.78 Å². The third-order valence-corrected chi connectivity index (χ3v) is 4.47. The molecule has 0 spiro atoms. The van der Waals surface area contributed by atoms with Crippen molar-refractivity contribution in [3.8, 4) is 17.6 Å². The first-order valence-corrected chi connectivity index (χ1v) is 7.93. The lowest BCUT2D eigenvalue weighted by Gasteiger charge is -2.27. The number of allylic oxidation sites excluding steroid dienone is 1. The first-order chi connectivity index (χ1) is 11.4. The van der Waals surface area contributed by atoms with Crippen molar-refractivity contribution in [3.05, 3.63) is 69.0 Å². The van der Waals surface area contributed by atoms with Gasteiger partial charge in [-0.25, -0.2) is 0 Å². The van der Waals surface area contributed by atoms with Gasteiger partial charge < -0.3 is 15.6 Å². The lowest BCUT2D eigenvalue weighted by Crippen LogP contribution is -2.21. The minimum atomic E-state index is -0.605. The summed E-state index contributed by atoms with van der Waals surface area (Å²) >= 11 is 3.37. The van der Waals surface area contributed by atoms with E-state index in [1.807, 2.05) is 24.3 Å². The predicted molar refractivity (Wildman–Crippen MR) is 91.6 cm³/mol. The standard InChI is InChI=1S/C18H13BrN2O3/c1-9(22)12-6-7-14-16(17(12)23)15(13(8-20)18(21)24-14)10-2-4-11(19)5-3-10/h2-7,15,23H,21H2,1H3. The normalized spacial score (nSPS) is 16.1. The molecule has 6 heteroatoms. The molecule has 3 N–H and O–H groups in total. The number of benzene rings is 2. The molecule has 0 amide bonds. The molecule has 0 bridgehead atoms. The zero-order chi connectivity index (χ0) is 17.4. The van der Waals surface area contributed by atoms with Crippen LogP contribution in [0, 0.1) is 11.3 Å². The second-order valence-electron chi connectivity index (χ2n) is 5.41. The summed E-state index contributed by atoms with van der Waals surface area (Å²) in [5, 5.41) is 20.1. The molecule has 0 radical (unpaired) electrons. The Labute approximate surface area is 147 Å². The molecule has 0 aliphatic carbocycles. The van der Waals surface area contributed by atoms with Crippen LogP contribution in [0.3, 0.4) is 0 Å². The number of nitrogens with zero attached hydrogens (tertiary/aromatic N) is 1. The zero-order valence-corrected chi connectivity index (χ0v) is 14.3. The number of halogens is 1. The van der Waals surface area contributed by atoms with Gasteiger partial charge in [0, 0.05) is 4.47 Å². The van der Waals surface area contributed by atoms with Crippen LogP contribution in [-0.4, -0.2) is 10.9 Å². The molecule has 1 unspecified atom stereocenters. The molecule has 0 saturated heterocycles. The number of ether oxygens (including phenoxy) is 1. The fourth-order valence-electron chi connectivity index (χ4n) is 2.81. The lowest BCUT2D eigenvalue weighted by molar-refractivity contribution is 0.101. The third-order valence-electron chi connectivity index (χ3n) is 3.94. The number of hydrogen-bond donors (Lipinski definition) is 2. The Bertz CT molecular complexity index is 911. The number of phenols is 1. The van der Waals surface area contributed by atoms with E-state index < -0.39 is 5.92 Å². The highest BCUT2D eigenvalue weighted by molar-refractivity contribution is 9.10. The number of carbonyl (C=O) groups is 1. The van der Waals surface area contributed by atoms with Gasteiger partial charge in [0.2, 0.25) is 5.88 Å². The van der Waals surface area contributed by atoms with Crippen LogP contribution < -0.4 is 10.5 Å². The molecule has 1 atom stereocenters. The summed E-state index contributed by atoms with van der Waals surface area (Å²) in [6.45, 7) is 1.37. The number of Topliss-reactive ketones (excluding diaryl/α,β-unsaturated/α-hetero) is 1. The number of rotatable bonds is 2. The van der Waals surface area contributed by atoms with Crippen molar-refractivity contribution in [3.63, 3.8) is 0 Å². The number of hydrogen-bond acceptors (Lipinski definition) is 5. The van der Waals surface area contributed by atoms with E-state index in [9.17, 15) is 15.2 Å². The van der Waals surface area contributed by atoms with Gasteiger partial charge in [0.1, 0.15) is 23.1 Å². The molecule has 0 saturated carbocycles. The quantitative estimate of drug-likeness (QED) is 0.771. The molecular weight excluding hydrogens is 372 g/mol. The highest BCUT2D eigenvalue weighted by Gasteiger charge is 2.34. The van der Waals surface area contributed by atoms with Crippen LogP contribution in [0.25, 0.3) is 0 Å². The molecule has 24 heavy (non-hydrogen) atoms. The van der Waals surface area contributed by atoms with E-state index in [1.54, 1.807) is 6.07 Å². The second kappa shape index (κ2) is 6.02. The number of fused-ring (bicyclic) bond motifs is 1. The van der Waals surface area contributed by atoms with Crippen molar-refractivity contribution in [2.24, 2.45) is 5.73 Å². The number of nitriles is 1. The maximum atomic E-state index is 11.7. The largest absolute Gasteiger partial charge is 0.507 e. The van der Waals surface area contributed by atoms with Gasteiger partial charge in [-0.1, -0.05) is 28.1 Å². The average molecular weight is 385 g/mol. The van der Waals surface area contributed by atoms with Gasteiger partial charge >= 0.3 is 0 Å². The Kier molecular flexibility index (Phi) is 4.04. The molecule has 3 rings (SSSR count). The summed E-state index contributed by atoms with van der Waals surface area (Å²) in [6.07, 6.45) is 0. The van der Waals surface area contributed by atoms with E-state index in [-0.39, 0.29) is 28.6 Å². The number of aromatic hydroxyl groups is 1. The van der Waals surface area contributed by atoms with Crippen LogP contribution in [0.15, 0.2) is 52.3 Å². The first kappa shape index (κ1) is 16.1. The monoisotopic (exact) mass is 384 g/mol. The molecule has 2 aromatic carbocycles. The van der Waals surface area contributed by atoms with Crippen LogP contribution >= 0.6 is 15.9 Å². The summed E-state index contributed by atoms with van der Waals surface area (Å²) in [5.41, 5.74) is 7.39. The van der Waals surface area contributed by atoms with Gasteiger partial charge in [-0.3, -0.25) is 4.79 Å². The Hall–Kier alpha value is -2.78. The van der Waals surface area contributed by atoms with Crippen molar-refractivity contribution >= 4 is 21.7 Å². The maximum Gasteiger partial charge on any atom is 0.205 e. The van der Waals surface area contributed by atoms with E-state index in [0.29, 0.717) is 11.3 Å². The molecule has 2 aromatic rings. The highest BCUT2D eigenvalue weighted by Crippen LogP contribution is 2.47. The summed E-state index contributed by atoms with van der Waals surface area (Å²) in [4.78, 5) is 11.7. The van der Waals surface area contributed by atoms with Crippen LogP contribution in [0.2, 0.25) is 0 Å². The molecule has 5 nitrogen and oxygen atoms in total. The fourth-order valence-corrected chi connectivity index (χ4v) is 3.07. The van der Waals surface area contributed by atoms with E-state index in [0.717, 1.165) is 10.0 Å². The van der Waals surface area contributed by atoms with Crippen molar-refractivity contribution in [2.45, 2.75) is 12.8 Å². The topological polar surface area (TPSA) is 96.3 Å². The van der Waals surface area contributed by atoms with Gasteiger partial charge in [-0.15, -0.1) is 0 Å². The van der Waals surface area contributed by atoms with Crippen molar-refractivity contribution in [1.82, 2.24) is 0 Å². The lowest BCUT2D eigenvalue weighted by atomic mass is 9.82. The van der Waals surface area contributed by atoms with E-state index >= 15 is 0 Å². The number of ketones is 1. The number of phenolic OH excluding ortho intramolecular Hbond substituents is 1. The molecule has 1 aliphatic heterocycles. The SMILES string of the molecule is CC(=O)c1ccc2c(c1O)C(c1ccc(Br)cc1)C(C#N)=C(N)O2. The zero-order valence-electron chi connectivity index (χ0n) is 12.7. The molecule has 0 fully saturated rings. The summed E-state index contributed by atoms with van der Waals surface area (Å²) < 4.78 is 6.37. The average Bonchev–Trinajstić information content (AvgIpc) is 2.54. The van der Waals surface area contributed by atoms with E-state index in [4.69, 9.17) is 10.5 Å². The minimum absolute atomic E-state index is 0.00658. The van der Waals surface area contributed by atoms with Crippen LogP contribution in [0.1, 0.15) is 34.3 Å². The summed E-state index contributed by atoms with van der Waals surface area (Å²) in [7, 11) is 0. The smallest absolute Gasteiger partial charge is 0.205 e. The first-order valence-electron chi connectivity index (χ1n) is 7.14. The Morgan fingerprint density at radius 1 is 1.29 bits per heavy atom. The van der Waals surface area contributed by atoms with Gasteiger partial charge in [-0.05, 0) is 36.8 Å². The second-order valence-corrected chi connectivity index (χ2v) is 6.32. The third kappa shape index (κ3) is 2.53. The van der Waals surface area contributed by atoms with Crippen LogP contribution in [-0.2, 0) is 0 Å². The molecule has 0 aromatic heterocycles. The number of nitrogens with two attached hydrogens (primary N) is 1. The maximum absolute atomic E-state index is 11.7. The molecular formula is C18H13BrN2O3. The molecule has 120 valence electrons.